The molecule has 0 bridgehead atoms. The number of benzene rings is 2. The van der Waals surface area contributed by atoms with Crippen LogP contribution in [0.15, 0.2) is 30.3 Å². The van der Waals surface area contributed by atoms with Crippen molar-refractivity contribution in [3.05, 3.63) is 51.0 Å². The van der Waals surface area contributed by atoms with Gasteiger partial charge in [-0.25, -0.2) is 4.98 Å². The number of fused-ring (bicyclic) bond motifs is 1. The van der Waals surface area contributed by atoms with Gasteiger partial charge in [-0.15, -0.1) is 0 Å². The monoisotopic (exact) mass is 342 g/mol. The average molecular weight is 344 g/mol. The van der Waals surface area contributed by atoms with Crippen LogP contribution in [0.4, 0.5) is 10.8 Å². The molecule has 1 heterocycles. The fourth-order valence-electron chi connectivity index (χ4n) is 1.82. The molecule has 0 fully saturated rings. The molecule has 0 unspecified atom stereocenters. The van der Waals surface area contributed by atoms with E-state index in [0.717, 1.165) is 15.3 Å². The Balaban J connectivity index is 1.99. The van der Waals surface area contributed by atoms with Crippen molar-refractivity contribution in [2.75, 3.05) is 5.32 Å². The molecule has 0 aliphatic carbocycles. The molecule has 1 aromatic heterocycles. The molecular weight excluding hydrogens is 335 g/mol. The Morgan fingerprint density at radius 2 is 1.75 bits per heavy atom. The molecule has 0 amide bonds. The lowest BCUT2D eigenvalue weighted by atomic mass is 10.2. The van der Waals surface area contributed by atoms with Crippen molar-refractivity contribution in [1.82, 2.24) is 4.98 Å². The second-order valence-electron chi connectivity index (χ2n) is 4.36. The van der Waals surface area contributed by atoms with E-state index >= 15 is 0 Å². The minimum atomic E-state index is 0.433. The summed E-state index contributed by atoms with van der Waals surface area (Å²) >= 11 is 19.6. The van der Waals surface area contributed by atoms with Gasteiger partial charge >= 0.3 is 0 Å². The maximum atomic E-state index is 6.15. The van der Waals surface area contributed by atoms with E-state index in [1.807, 2.05) is 12.1 Å². The molecule has 0 saturated carbocycles. The van der Waals surface area contributed by atoms with Crippen LogP contribution >= 0.6 is 46.1 Å². The van der Waals surface area contributed by atoms with E-state index in [4.69, 9.17) is 34.8 Å². The summed E-state index contributed by atoms with van der Waals surface area (Å²) in [6, 6.07) is 9.46. The first kappa shape index (κ1) is 14.0. The van der Waals surface area contributed by atoms with Crippen molar-refractivity contribution in [2.45, 2.75) is 6.92 Å². The predicted octanol–water partition coefficient (Wildman–Crippen LogP) is 6.31. The Labute approximate surface area is 135 Å². The van der Waals surface area contributed by atoms with Gasteiger partial charge in [0, 0.05) is 0 Å². The highest BCUT2D eigenvalue weighted by molar-refractivity contribution is 7.22. The third-order valence-electron chi connectivity index (χ3n) is 2.80. The zero-order valence-electron chi connectivity index (χ0n) is 10.4. The fraction of sp³-hybridized carbons (Fsp3) is 0.0714. The molecule has 1 N–H and O–H groups in total. The minimum absolute atomic E-state index is 0.433. The number of halogens is 3. The van der Waals surface area contributed by atoms with Gasteiger partial charge in [-0.2, -0.15) is 0 Å². The number of aryl methyl sites for hydroxylation is 1. The second kappa shape index (κ2) is 5.41. The summed E-state index contributed by atoms with van der Waals surface area (Å²) in [4.78, 5) is 4.52. The van der Waals surface area contributed by atoms with Gasteiger partial charge in [0.2, 0.25) is 0 Å². The highest BCUT2D eigenvalue weighted by Crippen LogP contribution is 2.36. The highest BCUT2D eigenvalue weighted by atomic mass is 35.5. The van der Waals surface area contributed by atoms with E-state index in [0.29, 0.717) is 20.8 Å². The summed E-state index contributed by atoms with van der Waals surface area (Å²) in [6.07, 6.45) is 0. The molecular formula is C14H9Cl3N2S. The van der Waals surface area contributed by atoms with E-state index in [-0.39, 0.29) is 0 Å². The zero-order chi connectivity index (χ0) is 14.3. The summed E-state index contributed by atoms with van der Waals surface area (Å²) in [7, 11) is 0. The summed E-state index contributed by atoms with van der Waals surface area (Å²) < 4.78 is 1.13. The van der Waals surface area contributed by atoms with E-state index in [1.165, 1.54) is 5.56 Å². The number of rotatable bonds is 2. The predicted molar refractivity (Wildman–Crippen MR) is 89.1 cm³/mol. The molecule has 20 heavy (non-hydrogen) atoms. The summed E-state index contributed by atoms with van der Waals surface area (Å²) in [5.41, 5.74) is 2.86. The Kier molecular flexibility index (Phi) is 3.78. The first-order valence-corrected chi connectivity index (χ1v) is 7.77. The van der Waals surface area contributed by atoms with Crippen molar-refractivity contribution >= 4 is 67.2 Å². The second-order valence-corrected chi connectivity index (χ2v) is 6.61. The Morgan fingerprint density at radius 3 is 2.55 bits per heavy atom. The highest BCUT2D eigenvalue weighted by Gasteiger charge is 2.09. The number of thiazole rings is 1. The quantitative estimate of drug-likeness (QED) is 0.552. The van der Waals surface area contributed by atoms with Crippen LogP contribution in [-0.2, 0) is 0 Å². The molecule has 3 rings (SSSR count). The Morgan fingerprint density at radius 1 is 1.00 bits per heavy atom. The minimum Gasteiger partial charge on any atom is -0.330 e. The lowest BCUT2D eigenvalue weighted by molar-refractivity contribution is 1.43. The topological polar surface area (TPSA) is 24.9 Å². The van der Waals surface area contributed by atoms with Crippen LogP contribution in [0, 0.1) is 6.92 Å². The van der Waals surface area contributed by atoms with Crippen molar-refractivity contribution < 1.29 is 0 Å². The lowest BCUT2D eigenvalue weighted by Crippen LogP contribution is -1.90. The first-order chi connectivity index (χ1) is 9.52. The number of nitrogens with one attached hydrogen (secondary N) is 1. The third kappa shape index (κ3) is 2.72. The molecule has 0 aliphatic rings. The Bertz CT molecular complexity index is 798. The van der Waals surface area contributed by atoms with Crippen molar-refractivity contribution in [2.24, 2.45) is 0 Å². The van der Waals surface area contributed by atoms with Crippen LogP contribution in [0.1, 0.15) is 5.56 Å². The summed E-state index contributed by atoms with van der Waals surface area (Å²) in [5.74, 6) is 0. The van der Waals surface area contributed by atoms with Gasteiger partial charge in [0.1, 0.15) is 0 Å². The average Bonchev–Trinajstić information content (AvgIpc) is 2.77. The van der Waals surface area contributed by atoms with Gasteiger partial charge in [-0.3, -0.25) is 0 Å². The van der Waals surface area contributed by atoms with Gasteiger partial charge in [-0.05, 0) is 36.8 Å². The molecule has 0 aliphatic heterocycles. The van der Waals surface area contributed by atoms with Crippen LogP contribution in [0.3, 0.4) is 0 Å². The summed E-state index contributed by atoms with van der Waals surface area (Å²) in [6.45, 7) is 2.06. The number of aromatic nitrogens is 1. The normalized spacial score (nSPS) is 11.0. The molecule has 0 spiro atoms. The van der Waals surface area contributed by atoms with Gasteiger partial charge in [0.05, 0.1) is 31.0 Å². The number of hydrogen-bond donors (Lipinski definition) is 1. The lowest BCUT2D eigenvalue weighted by Gasteiger charge is -2.06. The number of anilines is 2. The van der Waals surface area contributed by atoms with Crippen LogP contribution in [0.2, 0.25) is 15.1 Å². The smallest absolute Gasteiger partial charge is 0.188 e. The van der Waals surface area contributed by atoms with Crippen molar-refractivity contribution in [3.63, 3.8) is 0 Å². The third-order valence-corrected chi connectivity index (χ3v) is 4.76. The molecule has 2 nitrogen and oxygen atoms in total. The van der Waals surface area contributed by atoms with Gasteiger partial charge in [-0.1, -0.05) is 52.2 Å². The molecule has 102 valence electrons. The van der Waals surface area contributed by atoms with Crippen molar-refractivity contribution in [3.8, 4) is 0 Å². The SMILES string of the molecule is Cc1ccc2nc(Nc3cc(Cl)c(Cl)cc3Cl)sc2c1. The van der Waals surface area contributed by atoms with E-state index in [2.05, 4.69) is 23.3 Å². The standard InChI is InChI=1S/C14H9Cl3N2S/c1-7-2-3-11-13(4-7)20-14(18-11)19-12-6-9(16)8(15)5-10(12)17/h2-6H,1H3,(H,18,19). The van der Waals surface area contributed by atoms with Crippen LogP contribution in [0.25, 0.3) is 10.2 Å². The maximum absolute atomic E-state index is 6.15. The van der Waals surface area contributed by atoms with E-state index < -0.39 is 0 Å². The van der Waals surface area contributed by atoms with Crippen molar-refractivity contribution in [1.29, 1.82) is 0 Å². The fourth-order valence-corrected chi connectivity index (χ4v) is 3.39. The zero-order valence-corrected chi connectivity index (χ0v) is 13.5. The molecule has 6 heteroatoms. The van der Waals surface area contributed by atoms with Crippen LogP contribution in [0.5, 0.6) is 0 Å². The largest absolute Gasteiger partial charge is 0.330 e. The van der Waals surface area contributed by atoms with Gasteiger partial charge in [0.25, 0.3) is 0 Å². The van der Waals surface area contributed by atoms with E-state index in [9.17, 15) is 0 Å². The molecule has 3 aromatic rings. The molecule has 0 atom stereocenters. The molecule has 0 radical (unpaired) electrons. The maximum Gasteiger partial charge on any atom is 0.188 e. The Hall–Kier alpha value is -1.000. The number of hydrogen-bond acceptors (Lipinski definition) is 3. The van der Waals surface area contributed by atoms with Crippen LogP contribution < -0.4 is 5.32 Å². The van der Waals surface area contributed by atoms with Gasteiger partial charge < -0.3 is 5.32 Å². The van der Waals surface area contributed by atoms with Gasteiger partial charge in [0.15, 0.2) is 5.13 Å². The number of nitrogens with zero attached hydrogens (tertiary/aromatic N) is 1. The van der Waals surface area contributed by atoms with Crippen LogP contribution in [-0.4, -0.2) is 4.98 Å². The molecule has 2 aromatic carbocycles. The molecule has 0 saturated heterocycles. The first-order valence-electron chi connectivity index (χ1n) is 5.82. The summed E-state index contributed by atoms with van der Waals surface area (Å²) in [5, 5.41) is 5.35. The van der Waals surface area contributed by atoms with E-state index in [1.54, 1.807) is 23.5 Å².